The molecule has 1 saturated carbocycles. The van der Waals surface area contributed by atoms with Gasteiger partial charge in [-0.05, 0) is 61.2 Å². The van der Waals surface area contributed by atoms with E-state index in [9.17, 15) is 4.79 Å². The average Bonchev–Trinajstić information content (AvgIpc) is 2.68. The molecule has 0 saturated heterocycles. The summed E-state index contributed by atoms with van der Waals surface area (Å²) in [5.74, 6) is 1.71. The standard InChI is InChI=1S/C22H27NO3/c1-16-15-18(9-12-20(16)26-3)23-21(24)22(13-5-4-6-14-22)17-7-10-19(25-2)11-8-17/h7-12,15H,4-6,13-14H2,1-3H3,(H,23,24). The van der Waals surface area contributed by atoms with Gasteiger partial charge in [-0.15, -0.1) is 0 Å². The number of benzene rings is 2. The summed E-state index contributed by atoms with van der Waals surface area (Å²) >= 11 is 0. The van der Waals surface area contributed by atoms with E-state index < -0.39 is 5.41 Å². The van der Waals surface area contributed by atoms with Crippen molar-refractivity contribution in [1.82, 2.24) is 0 Å². The largest absolute Gasteiger partial charge is 0.497 e. The highest BCUT2D eigenvalue weighted by molar-refractivity contribution is 5.99. The molecule has 1 aliphatic carbocycles. The smallest absolute Gasteiger partial charge is 0.235 e. The van der Waals surface area contributed by atoms with E-state index in [0.717, 1.165) is 54.0 Å². The molecule has 2 aromatic rings. The fourth-order valence-corrected chi connectivity index (χ4v) is 3.92. The van der Waals surface area contributed by atoms with Crippen LogP contribution in [0.25, 0.3) is 0 Å². The molecular weight excluding hydrogens is 326 g/mol. The highest BCUT2D eigenvalue weighted by atomic mass is 16.5. The Morgan fingerprint density at radius 2 is 1.65 bits per heavy atom. The summed E-state index contributed by atoms with van der Waals surface area (Å²) < 4.78 is 10.6. The zero-order valence-electron chi connectivity index (χ0n) is 15.8. The van der Waals surface area contributed by atoms with Crippen LogP contribution in [0.15, 0.2) is 42.5 Å². The Labute approximate surface area is 155 Å². The van der Waals surface area contributed by atoms with E-state index in [2.05, 4.69) is 5.32 Å². The van der Waals surface area contributed by atoms with Gasteiger partial charge in [-0.25, -0.2) is 0 Å². The molecule has 4 nitrogen and oxygen atoms in total. The SMILES string of the molecule is COc1ccc(C2(C(=O)Nc3ccc(OC)c(C)c3)CCCCC2)cc1. The van der Waals surface area contributed by atoms with Crippen LogP contribution in [0.5, 0.6) is 11.5 Å². The van der Waals surface area contributed by atoms with E-state index in [4.69, 9.17) is 9.47 Å². The fourth-order valence-electron chi connectivity index (χ4n) is 3.92. The lowest BCUT2D eigenvalue weighted by Gasteiger charge is -2.36. The predicted octanol–water partition coefficient (Wildman–Crippen LogP) is 4.85. The van der Waals surface area contributed by atoms with E-state index in [-0.39, 0.29) is 5.91 Å². The zero-order chi connectivity index (χ0) is 18.6. The molecule has 4 heteroatoms. The molecule has 26 heavy (non-hydrogen) atoms. The normalized spacial score (nSPS) is 16.0. The first-order valence-corrected chi connectivity index (χ1v) is 9.20. The molecule has 1 fully saturated rings. The van der Waals surface area contributed by atoms with Gasteiger partial charge in [-0.2, -0.15) is 0 Å². The number of hydrogen-bond acceptors (Lipinski definition) is 3. The fraction of sp³-hybridized carbons (Fsp3) is 0.409. The first-order valence-electron chi connectivity index (χ1n) is 9.20. The number of carbonyl (C=O) groups excluding carboxylic acids is 1. The minimum absolute atomic E-state index is 0.0759. The van der Waals surface area contributed by atoms with E-state index >= 15 is 0 Å². The molecule has 1 amide bonds. The number of anilines is 1. The van der Waals surface area contributed by atoms with Crippen LogP contribution < -0.4 is 14.8 Å². The van der Waals surface area contributed by atoms with Gasteiger partial charge in [0.2, 0.25) is 5.91 Å². The summed E-state index contributed by atoms with van der Waals surface area (Å²) in [6.07, 6.45) is 5.08. The molecule has 0 heterocycles. The molecule has 0 unspecified atom stereocenters. The maximum Gasteiger partial charge on any atom is 0.235 e. The molecule has 1 N–H and O–H groups in total. The lowest BCUT2D eigenvalue weighted by molar-refractivity contribution is -0.122. The minimum Gasteiger partial charge on any atom is -0.497 e. The minimum atomic E-state index is -0.474. The number of nitrogens with one attached hydrogen (secondary N) is 1. The first-order chi connectivity index (χ1) is 12.6. The molecule has 0 aromatic heterocycles. The molecule has 0 radical (unpaired) electrons. The number of aryl methyl sites for hydroxylation is 1. The highest BCUT2D eigenvalue weighted by Gasteiger charge is 2.41. The van der Waals surface area contributed by atoms with Gasteiger partial charge in [-0.1, -0.05) is 31.4 Å². The van der Waals surface area contributed by atoms with Gasteiger partial charge < -0.3 is 14.8 Å². The maximum atomic E-state index is 13.3. The third-order valence-electron chi connectivity index (χ3n) is 5.44. The van der Waals surface area contributed by atoms with Crippen LogP contribution in [-0.2, 0) is 10.2 Å². The van der Waals surface area contributed by atoms with Gasteiger partial charge in [-0.3, -0.25) is 4.79 Å². The third kappa shape index (κ3) is 3.55. The quantitative estimate of drug-likeness (QED) is 0.835. The van der Waals surface area contributed by atoms with Crippen molar-refractivity contribution in [2.45, 2.75) is 44.4 Å². The van der Waals surface area contributed by atoms with Crippen molar-refractivity contribution in [3.8, 4) is 11.5 Å². The van der Waals surface area contributed by atoms with E-state index in [1.807, 2.05) is 49.4 Å². The third-order valence-corrected chi connectivity index (χ3v) is 5.44. The molecule has 138 valence electrons. The van der Waals surface area contributed by atoms with Crippen molar-refractivity contribution in [2.24, 2.45) is 0 Å². The molecule has 0 spiro atoms. The van der Waals surface area contributed by atoms with Gasteiger partial charge in [0.25, 0.3) is 0 Å². The summed E-state index contributed by atoms with van der Waals surface area (Å²) in [4.78, 5) is 13.3. The summed E-state index contributed by atoms with van der Waals surface area (Å²) in [6, 6.07) is 13.7. The van der Waals surface area contributed by atoms with Gasteiger partial charge in [0.15, 0.2) is 0 Å². The van der Waals surface area contributed by atoms with Crippen molar-refractivity contribution in [3.63, 3.8) is 0 Å². The molecule has 3 rings (SSSR count). The van der Waals surface area contributed by atoms with Crippen LogP contribution in [0.2, 0.25) is 0 Å². The molecular formula is C22H27NO3. The second kappa shape index (κ2) is 7.81. The summed E-state index contributed by atoms with van der Waals surface area (Å²) in [5.41, 5.74) is 2.41. The summed E-state index contributed by atoms with van der Waals surface area (Å²) in [5, 5.41) is 3.15. The first kappa shape index (κ1) is 18.3. The molecule has 0 bridgehead atoms. The lowest BCUT2D eigenvalue weighted by atomic mass is 9.68. The van der Waals surface area contributed by atoms with Gasteiger partial charge in [0, 0.05) is 5.69 Å². The summed E-state index contributed by atoms with van der Waals surface area (Å²) in [7, 11) is 3.31. The number of carbonyl (C=O) groups is 1. The van der Waals surface area contributed by atoms with E-state index in [0.29, 0.717) is 0 Å². The van der Waals surface area contributed by atoms with Crippen molar-refractivity contribution < 1.29 is 14.3 Å². The van der Waals surface area contributed by atoms with Crippen molar-refractivity contribution in [2.75, 3.05) is 19.5 Å². The van der Waals surface area contributed by atoms with Crippen molar-refractivity contribution >= 4 is 11.6 Å². The Morgan fingerprint density at radius 1 is 0.962 bits per heavy atom. The number of ether oxygens (including phenoxy) is 2. The van der Waals surface area contributed by atoms with Gasteiger partial charge >= 0.3 is 0 Å². The lowest BCUT2D eigenvalue weighted by Crippen LogP contribution is -2.42. The summed E-state index contributed by atoms with van der Waals surface area (Å²) in [6.45, 7) is 1.98. The molecule has 0 atom stereocenters. The second-order valence-corrected chi connectivity index (χ2v) is 7.01. The maximum absolute atomic E-state index is 13.3. The van der Waals surface area contributed by atoms with Crippen LogP contribution >= 0.6 is 0 Å². The monoisotopic (exact) mass is 353 g/mol. The topological polar surface area (TPSA) is 47.6 Å². The van der Waals surface area contributed by atoms with E-state index in [1.165, 1.54) is 6.42 Å². The Morgan fingerprint density at radius 3 is 2.23 bits per heavy atom. The van der Waals surface area contributed by atoms with Crippen molar-refractivity contribution in [1.29, 1.82) is 0 Å². The Balaban J connectivity index is 1.89. The van der Waals surface area contributed by atoms with E-state index in [1.54, 1.807) is 14.2 Å². The molecule has 0 aliphatic heterocycles. The Kier molecular flexibility index (Phi) is 5.50. The van der Waals surface area contributed by atoms with Crippen LogP contribution in [0.3, 0.4) is 0 Å². The van der Waals surface area contributed by atoms with Crippen molar-refractivity contribution in [3.05, 3.63) is 53.6 Å². The predicted molar refractivity (Wildman–Crippen MR) is 104 cm³/mol. The van der Waals surface area contributed by atoms with Gasteiger partial charge in [0.1, 0.15) is 11.5 Å². The number of hydrogen-bond donors (Lipinski definition) is 1. The number of methoxy groups -OCH3 is 2. The average molecular weight is 353 g/mol. The molecule has 1 aliphatic rings. The number of rotatable bonds is 5. The Bertz CT molecular complexity index is 761. The highest BCUT2D eigenvalue weighted by Crippen LogP contribution is 2.41. The van der Waals surface area contributed by atoms with Crippen LogP contribution in [0, 0.1) is 6.92 Å². The van der Waals surface area contributed by atoms with Gasteiger partial charge in [0.05, 0.1) is 19.6 Å². The van der Waals surface area contributed by atoms with Crippen LogP contribution in [0.4, 0.5) is 5.69 Å². The van der Waals surface area contributed by atoms with Crippen LogP contribution in [0.1, 0.15) is 43.2 Å². The molecule has 2 aromatic carbocycles. The zero-order valence-corrected chi connectivity index (χ0v) is 15.8. The van der Waals surface area contributed by atoms with Crippen LogP contribution in [-0.4, -0.2) is 20.1 Å². The Hall–Kier alpha value is -2.49. The second-order valence-electron chi connectivity index (χ2n) is 7.01. The number of amides is 1.